The first-order valence-corrected chi connectivity index (χ1v) is 16.1. The van der Waals surface area contributed by atoms with Gasteiger partial charge in [0, 0.05) is 23.3 Å². The van der Waals surface area contributed by atoms with Gasteiger partial charge in [0.05, 0.1) is 21.8 Å². The van der Waals surface area contributed by atoms with Crippen LogP contribution in [-0.2, 0) is 44.5 Å². The summed E-state index contributed by atoms with van der Waals surface area (Å²) in [5.74, 6) is -1.80. The molecule has 2 aliphatic carbocycles. The molecule has 46 heavy (non-hydrogen) atoms. The molecule has 0 amide bonds. The number of carbonyl (C=O) groups is 4. The molecule has 0 spiro atoms. The van der Waals surface area contributed by atoms with Crippen LogP contribution >= 0.6 is 0 Å². The Balaban J connectivity index is 1.35. The predicted octanol–water partition coefficient (Wildman–Crippen LogP) is 4.88. The smallest absolute Gasteiger partial charge is 0.351 e. The van der Waals surface area contributed by atoms with Crippen LogP contribution in [0.5, 0.6) is 5.75 Å². The number of carbonyl (C=O) groups excluding carboxylic acids is 4. The maximum absolute atomic E-state index is 14.4. The van der Waals surface area contributed by atoms with Crippen LogP contribution in [0.1, 0.15) is 98.5 Å². The number of aryl methyl sites for hydroxylation is 1. The summed E-state index contributed by atoms with van der Waals surface area (Å²) in [6.45, 7) is 14.4. The average molecular weight is 637 g/mol. The second-order valence-electron chi connectivity index (χ2n) is 15.2. The van der Waals surface area contributed by atoms with E-state index in [0.29, 0.717) is 25.0 Å². The first-order chi connectivity index (χ1) is 21.4. The zero-order valence-corrected chi connectivity index (χ0v) is 27.5. The van der Waals surface area contributed by atoms with Crippen LogP contribution in [0.25, 0.3) is 11.0 Å². The Morgan fingerprint density at radius 2 is 1.37 bits per heavy atom. The molecule has 0 N–H and O–H groups in total. The SMILES string of the molecule is CCc1cc(=O)c2ccc3c(c2o1)[C@@H](OC(=O)[C@]12CC[C@](C)(C(=O)O1)C2(C)C)[C@@H](OC(=O)[C@]12CC[C@](C)(C(=O)O1)C2(C)C)[C@H](C)O3. The lowest BCUT2D eigenvalue weighted by atomic mass is 9.66. The third-order valence-electron chi connectivity index (χ3n) is 13.0. The molecule has 7 atom stereocenters. The van der Waals surface area contributed by atoms with Gasteiger partial charge in [0.25, 0.3) is 0 Å². The molecule has 7 rings (SSSR count). The van der Waals surface area contributed by atoms with Gasteiger partial charge in [0.2, 0.25) is 11.2 Å². The molecule has 11 nitrogen and oxygen atoms in total. The molecule has 11 heteroatoms. The van der Waals surface area contributed by atoms with Crippen LogP contribution in [0.4, 0.5) is 0 Å². The van der Waals surface area contributed by atoms with Gasteiger partial charge in [-0.3, -0.25) is 14.4 Å². The van der Waals surface area contributed by atoms with Gasteiger partial charge >= 0.3 is 23.9 Å². The van der Waals surface area contributed by atoms with E-state index in [1.807, 2.05) is 34.6 Å². The number of hydrogen-bond acceptors (Lipinski definition) is 11. The van der Waals surface area contributed by atoms with Crippen molar-refractivity contribution in [3.8, 4) is 5.75 Å². The van der Waals surface area contributed by atoms with Crippen molar-refractivity contribution in [2.75, 3.05) is 0 Å². The van der Waals surface area contributed by atoms with Crippen molar-refractivity contribution in [1.29, 1.82) is 0 Å². The van der Waals surface area contributed by atoms with Gasteiger partial charge in [-0.1, -0.05) is 34.6 Å². The minimum Gasteiger partial charge on any atom is -0.486 e. The van der Waals surface area contributed by atoms with Crippen molar-refractivity contribution in [2.24, 2.45) is 21.7 Å². The summed E-state index contributed by atoms with van der Waals surface area (Å²) < 4.78 is 36.6. The van der Waals surface area contributed by atoms with Crippen molar-refractivity contribution < 1.29 is 47.3 Å². The summed E-state index contributed by atoms with van der Waals surface area (Å²) in [6, 6.07) is 4.59. The zero-order valence-electron chi connectivity index (χ0n) is 27.5. The van der Waals surface area contributed by atoms with E-state index in [0.717, 1.165) is 0 Å². The van der Waals surface area contributed by atoms with Gasteiger partial charge < -0.3 is 28.1 Å². The lowest BCUT2D eigenvalue weighted by Gasteiger charge is -2.41. The fourth-order valence-electron chi connectivity index (χ4n) is 8.61. The fraction of sp³-hybridized carbons (Fsp3) is 0.629. The molecule has 2 aromatic rings. The number of benzene rings is 1. The minimum atomic E-state index is -1.58. The van der Waals surface area contributed by atoms with Crippen LogP contribution in [0.2, 0.25) is 0 Å². The minimum absolute atomic E-state index is 0.142. The summed E-state index contributed by atoms with van der Waals surface area (Å²) in [6.07, 6.45) is -1.58. The molecule has 3 aliphatic heterocycles. The van der Waals surface area contributed by atoms with Crippen molar-refractivity contribution in [1.82, 2.24) is 0 Å². The molecule has 0 unspecified atom stereocenters. The fourth-order valence-corrected chi connectivity index (χ4v) is 8.61. The summed E-state index contributed by atoms with van der Waals surface area (Å²) in [5, 5.41) is 0.232. The van der Waals surface area contributed by atoms with E-state index in [4.69, 9.17) is 28.1 Å². The molecule has 1 aromatic carbocycles. The molecular weight excluding hydrogens is 596 g/mol. The molecule has 4 fully saturated rings. The van der Waals surface area contributed by atoms with Crippen LogP contribution in [0, 0.1) is 21.7 Å². The van der Waals surface area contributed by atoms with Gasteiger partial charge in [-0.05, 0) is 58.6 Å². The zero-order chi connectivity index (χ0) is 33.4. The summed E-state index contributed by atoms with van der Waals surface area (Å²) in [5.41, 5.74) is -6.61. The van der Waals surface area contributed by atoms with E-state index in [2.05, 4.69) is 0 Å². The van der Waals surface area contributed by atoms with Crippen LogP contribution in [-0.4, -0.2) is 47.3 Å². The van der Waals surface area contributed by atoms with E-state index in [1.54, 1.807) is 32.9 Å². The summed E-state index contributed by atoms with van der Waals surface area (Å²) in [7, 11) is 0. The van der Waals surface area contributed by atoms with Crippen LogP contribution in [0.3, 0.4) is 0 Å². The maximum atomic E-state index is 14.4. The molecule has 1 aromatic heterocycles. The Kier molecular flexibility index (Phi) is 6.10. The highest BCUT2D eigenvalue weighted by atomic mass is 16.7. The average Bonchev–Trinajstić information content (AvgIpc) is 3.46. The van der Waals surface area contributed by atoms with Crippen LogP contribution in [0.15, 0.2) is 27.4 Å². The van der Waals surface area contributed by atoms with E-state index < -0.39 is 75.1 Å². The molecule has 4 bridgehead atoms. The molecular formula is C35H40O11. The third kappa shape index (κ3) is 3.36. The second-order valence-corrected chi connectivity index (χ2v) is 15.2. The molecule has 4 heterocycles. The van der Waals surface area contributed by atoms with E-state index in [9.17, 15) is 24.0 Å². The standard InChI is InChI=1S/C35H40O11/c1-9-18-16-20(36)19-10-11-21-22(24(19)42-18)25(44-29(40)35-15-13-33(8,27(38)46-35)31(35,5)6)23(17(2)41-21)43-28(39)34-14-12-32(7,26(37)45-34)30(34,3)4/h10-11,16-17,23,25H,9,12-15H2,1-8H3/t17-,23-,25+,32+,33+,34-,35-/m0/s1. The highest BCUT2D eigenvalue weighted by Gasteiger charge is 2.78. The Hall–Kier alpha value is -3.89. The number of ether oxygens (including phenoxy) is 5. The van der Waals surface area contributed by atoms with E-state index in [1.165, 1.54) is 6.07 Å². The topological polar surface area (TPSA) is 145 Å². The van der Waals surface area contributed by atoms with Crippen LogP contribution < -0.4 is 10.2 Å². The predicted molar refractivity (Wildman–Crippen MR) is 161 cm³/mol. The maximum Gasteiger partial charge on any atom is 0.351 e. The first-order valence-electron chi connectivity index (χ1n) is 16.1. The Morgan fingerprint density at radius 3 is 1.85 bits per heavy atom. The van der Waals surface area contributed by atoms with Gasteiger partial charge in [0.1, 0.15) is 23.2 Å². The monoisotopic (exact) mass is 636 g/mol. The number of fused-ring (bicyclic) bond motifs is 7. The normalized spacial score (nSPS) is 37.8. The van der Waals surface area contributed by atoms with Gasteiger partial charge in [0.15, 0.2) is 17.6 Å². The Morgan fingerprint density at radius 1 is 0.826 bits per heavy atom. The number of rotatable bonds is 5. The number of esters is 4. The van der Waals surface area contributed by atoms with E-state index in [-0.39, 0.29) is 40.6 Å². The van der Waals surface area contributed by atoms with Gasteiger partial charge in [-0.25, -0.2) is 9.59 Å². The largest absolute Gasteiger partial charge is 0.486 e. The number of hydrogen-bond donors (Lipinski definition) is 0. The molecule has 5 aliphatic rings. The Bertz CT molecular complexity index is 1800. The molecule has 2 saturated carbocycles. The lowest BCUT2D eigenvalue weighted by Crippen LogP contribution is -2.54. The summed E-state index contributed by atoms with van der Waals surface area (Å²) >= 11 is 0. The molecule has 246 valence electrons. The van der Waals surface area contributed by atoms with Gasteiger partial charge in [-0.2, -0.15) is 0 Å². The molecule has 2 saturated heterocycles. The van der Waals surface area contributed by atoms with Crippen molar-refractivity contribution in [3.63, 3.8) is 0 Å². The third-order valence-corrected chi connectivity index (χ3v) is 13.0. The van der Waals surface area contributed by atoms with E-state index >= 15 is 0 Å². The van der Waals surface area contributed by atoms with Gasteiger partial charge in [-0.15, -0.1) is 0 Å². The first kappa shape index (κ1) is 30.7. The lowest BCUT2D eigenvalue weighted by molar-refractivity contribution is -0.209. The van der Waals surface area contributed by atoms with Crippen molar-refractivity contribution in [2.45, 2.75) is 117 Å². The highest BCUT2D eigenvalue weighted by molar-refractivity contribution is 5.95. The Labute approximate surface area is 266 Å². The quantitative estimate of drug-likeness (QED) is 0.327. The second kappa shape index (κ2) is 9.13. The summed E-state index contributed by atoms with van der Waals surface area (Å²) in [4.78, 5) is 67.8. The molecule has 0 radical (unpaired) electrons. The highest BCUT2D eigenvalue weighted by Crippen LogP contribution is 2.67. The van der Waals surface area contributed by atoms with Crippen molar-refractivity contribution in [3.05, 3.63) is 39.7 Å². The van der Waals surface area contributed by atoms with Crippen molar-refractivity contribution >= 4 is 34.8 Å².